The Balaban J connectivity index is 0.00000225. The first-order valence-corrected chi connectivity index (χ1v) is 4.81. The van der Waals surface area contributed by atoms with Gasteiger partial charge in [-0.3, -0.25) is 0 Å². The van der Waals surface area contributed by atoms with Crippen LogP contribution in [0.25, 0.3) is 0 Å². The van der Waals surface area contributed by atoms with Crippen molar-refractivity contribution in [2.75, 3.05) is 0 Å². The van der Waals surface area contributed by atoms with Gasteiger partial charge in [0, 0.05) is 11.6 Å². The molecular weight excluding hydrogens is 229 g/mol. The first-order valence-electron chi connectivity index (χ1n) is 4.81. The van der Waals surface area contributed by atoms with Crippen LogP contribution in [0.5, 0.6) is 5.75 Å². The van der Waals surface area contributed by atoms with Crippen LogP contribution in [0, 0.1) is 12.7 Å². The summed E-state index contributed by atoms with van der Waals surface area (Å²) in [5, 5.41) is 9.58. The van der Waals surface area contributed by atoms with Gasteiger partial charge in [0.1, 0.15) is 0 Å². The molecule has 0 aliphatic heterocycles. The summed E-state index contributed by atoms with van der Waals surface area (Å²) in [7, 11) is 0. The number of hydrogen-bond acceptors (Lipinski definition) is 2. The summed E-state index contributed by atoms with van der Waals surface area (Å²) in [4.78, 5) is 0. The molecule has 0 aliphatic rings. The second-order valence-corrected chi connectivity index (χ2v) is 3.89. The SMILES string of the molecule is C=C(C)C[C@H](N)c1c(C)ccc(F)c1O.Cl. The number of phenolic OH excluding ortho intramolecular Hbond substituents is 1. The van der Waals surface area contributed by atoms with Gasteiger partial charge >= 0.3 is 0 Å². The highest BCUT2D eigenvalue weighted by Crippen LogP contribution is 2.31. The molecule has 2 nitrogen and oxygen atoms in total. The van der Waals surface area contributed by atoms with Crippen LogP contribution >= 0.6 is 12.4 Å². The zero-order valence-corrected chi connectivity index (χ0v) is 10.3. The average Bonchev–Trinajstić information content (AvgIpc) is 2.11. The molecule has 1 aromatic carbocycles. The lowest BCUT2D eigenvalue weighted by Crippen LogP contribution is -2.12. The minimum Gasteiger partial charge on any atom is -0.505 e. The lowest BCUT2D eigenvalue weighted by Gasteiger charge is -2.16. The number of hydrogen-bond donors (Lipinski definition) is 2. The molecule has 1 atom stereocenters. The Morgan fingerprint density at radius 3 is 2.62 bits per heavy atom. The number of aromatic hydroxyl groups is 1. The highest BCUT2D eigenvalue weighted by molar-refractivity contribution is 5.85. The van der Waals surface area contributed by atoms with Crippen molar-refractivity contribution in [3.05, 3.63) is 41.2 Å². The van der Waals surface area contributed by atoms with Crippen LogP contribution < -0.4 is 5.73 Å². The minimum atomic E-state index is -0.632. The van der Waals surface area contributed by atoms with Gasteiger partial charge in [-0.25, -0.2) is 4.39 Å². The molecule has 0 spiro atoms. The second-order valence-electron chi connectivity index (χ2n) is 3.89. The van der Waals surface area contributed by atoms with Crippen molar-refractivity contribution < 1.29 is 9.50 Å². The average molecular weight is 246 g/mol. The zero-order chi connectivity index (χ0) is 11.6. The summed E-state index contributed by atoms with van der Waals surface area (Å²) in [6.45, 7) is 7.40. The maximum absolute atomic E-state index is 13.1. The monoisotopic (exact) mass is 245 g/mol. The number of rotatable bonds is 3. The lowest BCUT2D eigenvalue weighted by molar-refractivity contribution is 0.419. The molecule has 0 amide bonds. The van der Waals surface area contributed by atoms with Crippen molar-refractivity contribution in [1.82, 2.24) is 0 Å². The van der Waals surface area contributed by atoms with Crippen molar-refractivity contribution in [3.63, 3.8) is 0 Å². The third-order valence-electron chi connectivity index (χ3n) is 2.33. The van der Waals surface area contributed by atoms with Crippen molar-refractivity contribution in [3.8, 4) is 5.75 Å². The van der Waals surface area contributed by atoms with Gasteiger partial charge in [-0.05, 0) is 31.9 Å². The lowest BCUT2D eigenvalue weighted by atomic mass is 9.96. The van der Waals surface area contributed by atoms with Crippen molar-refractivity contribution in [2.45, 2.75) is 26.3 Å². The molecule has 0 fully saturated rings. The van der Waals surface area contributed by atoms with Crippen LogP contribution in [0.1, 0.15) is 30.5 Å². The summed E-state index contributed by atoms with van der Waals surface area (Å²) in [6, 6.07) is 2.45. The molecule has 0 radical (unpaired) electrons. The quantitative estimate of drug-likeness (QED) is 0.804. The van der Waals surface area contributed by atoms with Gasteiger partial charge < -0.3 is 10.8 Å². The number of nitrogens with two attached hydrogens (primary N) is 1. The molecule has 90 valence electrons. The van der Waals surface area contributed by atoms with Crippen LogP contribution in [0.2, 0.25) is 0 Å². The smallest absolute Gasteiger partial charge is 0.165 e. The van der Waals surface area contributed by atoms with Gasteiger partial charge in [0.25, 0.3) is 0 Å². The van der Waals surface area contributed by atoms with E-state index in [9.17, 15) is 9.50 Å². The fraction of sp³-hybridized carbons (Fsp3) is 0.333. The van der Waals surface area contributed by atoms with E-state index in [0.29, 0.717) is 12.0 Å². The summed E-state index contributed by atoms with van der Waals surface area (Å²) >= 11 is 0. The van der Waals surface area contributed by atoms with E-state index in [1.54, 1.807) is 13.0 Å². The van der Waals surface area contributed by atoms with Crippen LogP contribution in [-0.2, 0) is 0 Å². The zero-order valence-electron chi connectivity index (χ0n) is 9.46. The largest absolute Gasteiger partial charge is 0.505 e. The molecule has 0 saturated heterocycles. The number of halogens is 2. The van der Waals surface area contributed by atoms with Crippen molar-refractivity contribution >= 4 is 12.4 Å². The van der Waals surface area contributed by atoms with Gasteiger partial charge in [-0.1, -0.05) is 11.6 Å². The van der Waals surface area contributed by atoms with Crippen LogP contribution in [0.4, 0.5) is 4.39 Å². The molecular formula is C12H17ClFNO. The predicted molar refractivity (Wildman–Crippen MR) is 66.4 cm³/mol. The number of benzene rings is 1. The Kier molecular flexibility index (Phi) is 5.48. The molecule has 0 unspecified atom stereocenters. The standard InChI is InChI=1S/C12H16FNO.ClH/c1-7(2)6-10(14)11-8(3)4-5-9(13)12(11)15;/h4-5,10,15H,1,6,14H2,2-3H3;1H/t10-;/m0./s1. The summed E-state index contributed by atoms with van der Waals surface area (Å²) < 4.78 is 13.1. The summed E-state index contributed by atoms with van der Waals surface area (Å²) in [5.41, 5.74) is 8.05. The summed E-state index contributed by atoms with van der Waals surface area (Å²) in [5.74, 6) is -0.975. The Morgan fingerprint density at radius 2 is 2.12 bits per heavy atom. The normalized spacial score (nSPS) is 11.8. The molecule has 0 heterocycles. The van der Waals surface area contributed by atoms with E-state index in [-0.39, 0.29) is 18.2 Å². The van der Waals surface area contributed by atoms with E-state index >= 15 is 0 Å². The van der Waals surface area contributed by atoms with Gasteiger partial charge in [-0.2, -0.15) is 0 Å². The van der Waals surface area contributed by atoms with E-state index in [2.05, 4.69) is 6.58 Å². The fourth-order valence-corrected chi connectivity index (χ4v) is 1.63. The highest BCUT2D eigenvalue weighted by atomic mass is 35.5. The van der Waals surface area contributed by atoms with E-state index in [1.807, 2.05) is 6.92 Å². The molecule has 0 aromatic heterocycles. The molecule has 0 bridgehead atoms. The maximum atomic E-state index is 13.1. The molecule has 1 rings (SSSR count). The number of phenols is 1. The van der Waals surface area contributed by atoms with E-state index in [0.717, 1.165) is 11.1 Å². The van der Waals surface area contributed by atoms with E-state index in [4.69, 9.17) is 5.73 Å². The van der Waals surface area contributed by atoms with Gasteiger partial charge in [0.15, 0.2) is 11.6 Å². The fourth-order valence-electron chi connectivity index (χ4n) is 1.63. The number of aryl methyl sites for hydroxylation is 1. The van der Waals surface area contributed by atoms with Crippen LogP contribution in [0.15, 0.2) is 24.3 Å². The van der Waals surface area contributed by atoms with Crippen molar-refractivity contribution in [2.24, 2.45) is 5.73 Å². The molecule has 0 saturated carbocycles. The van der Waals surface area contributed by atoms with Gasteiger partial charge in [0.05, 0.1) is 0 Å². The van der Waals surface area contributed by atoms with E-state index in [1.165, 1.54) is 6.07 Å². The topological polar surface area (TPSA) is 46.2 Å². The Bertz CT molecular complexity index is 393. The Hall–Kier alpha value is -1.06. The highest BCUT2D eigenvalue weighted by Gasteiger charge is 2.16. The third-order valence-corrected chi connectivity index (χ3v) is 2.33. The molecule has 1 aromatic rings. The van der Waals surface area contributed by atoms with Crippen LogP contribution in [0.3, 0.4) is 0 Å². The van der Waals surface area contributed by atoms with Gasteiger partial charge in [-0.15, -0.1) is 19.0 Å². The molecule has 16 heavy (non-hydrogen) atoms. The predicted octanol–water partition coefficient (Wildman–Crippen LogP) is 3.23. The first-order chi connectivity index (χ1) is 6.93. The molecule has 0 aliphatic carbocycles. The summed E-state index contributed by atoms with van der Waals surface area (Å²) in [6.07, 6.45) is 0.540. The van der Waals surface area contributed by atoms with Gasteiger partial charge in [0.2, 0.25) is 0 Å². The third kappa shape index (κ3) is 3.22. The van der Waals surface area contributed by atoms with Crippen molar-refractivity contribution in [1.29, 1.82) is 0 Å². The minimum absolute atomic E-state index is 0. The van der Waals surface area contributed by atoms with Crippen LogP contribution in [-0.4, -0.2) is 5.11 Å². The first kappa shape index (κ1) is 14.9. The second kappa shape index (κ2) is 5.87. The van der Waals surface area contributed by atoms with E-state index < -0.39 is 11.9 Å². The Morgan fingerprint density at radius 1 is 1.56 bits per heavy atom. The maximum Gasteiger partial charge on any atom is 0.165 e. The molecule has 4 heteroatoms. The molecule has 3 N–H and O–H groups in total. The Labute approximate surface area is 101 Å².